The average Bonchev–Trinajstić information content (AvgIpc) is 2.41. The molecule has 2 aromatic carbocycles. The minimum absolute atomic E-state index is 0.578. The summed E-state index contributed by atoms with van der Waals surface area (Å²) in [7, 11) is -1.25. The molecule has 1 atom stereocenters. The first-order chi connectivity index (χ1) is 8.24. The third-order valence-electron chi connectivity index (χ3n) is 2.85. The molecule has 0 bridgehead atoms. The van der Waals surface area contributed by atoms with Crippen LogP contribution in [0.2, 0.25) is 0 Å². The maximum Gasteiger partial charge on any atom is 0.374 e. The first-order valence-corrected chi connectivity index (χ1v) is 7.68. The Hall–Kier alpha value is -1.42. The van der Waals surface area contributed by atoms with Gasteiger partial charge in [-0.3, -0.25) is 0 Å². The van der Waals surface area contributed by atoms with Crippen LogP contribution in [0.4, 0.5) is 0 Å². The van der Waals surface area contributed by atoms with Crippen molar-refractivity contribution in [3.05, 3.63) is 66.2 Å². The molecule has 0 heterocycles. The zero-order chi connectivity index (χ0) is 12.1. The zero-order valence-corrected chi connectivity index (χ0v) is 10.8. The molecule has 1 unspecified atom stereocenters. The van der Waals surface area contributed by atoms with Gasteiger partial charge in [0.15, 0.2) is 0 Å². The molecule has 0 aliphatic heterocycles. The van der Waals surface area contributed by atoms with E-state index in [4.69, 9.17) is 4.43 Å². The molecule has 0 aliphatic rings. The number of hydrogen-bond acceptors (Lipinski definition) is 2. The molecule has 2 nitrogen and oxygen atoms in total. The Morgan fingerprint density at radius 2 is 1.47 bits per heavy atom. The van der Waals surface area contributed by atoms with Gasteiger partial charge in [-0.1, -0.05) is 60.7 Å². The van der Waals surface area contributed by atoms with Gasteiger partial charge in [0, 0.05) is 13.2 Å². The monoisotopic (exact) mass is 244 g/mol. The molecule has 0 aromatic heterocycles. The molecular weight excluding hydrogens is 228 g/mol. The van der Waals surface area contributed by atoms with E-state index in [0.717, 1.165) is 10.8 Å². The van der Waals surface area contributed by atoms with Crippen molar-refractivity contribution in [1.82, 2.24) is 0 Å². The molecule has 88 valence electrons. The highest BCUT2D eigenvalue weighted by Gasteiger charge is 2.34. The summed E-state index contributed by atoms with van der Waals surface area (Å²) >= 11 is 0. The van der Waals surface area contributed by atoms with Gasteiger partial charge in [0.1, 0.15) is 0 Å². The molecule has 2 rings (SSSR count). The van der Waals surface area contributed by atoms with Crippen molar-refractivity contribution in [1.29, 1.82) is 0 Å². The lowest BCUT2D eigenvalue weighted by molar-refractivity contribution is 0.304. The molecule has 17 heavy (non-hydrogen) atoms. The average molecular weight is 244 g/mol. The molecule has 0 aliphatic carbocycles. The second-order valence-electron chi connectivity index (χ2n) is 4.02. The molecule has 0 spiro atoms. The highest BCUT2D eigenvalue weighted by molar-refractivity contribution is 6.79. The van der Waals surface area contributed by atoms with Gasteiger partial charge in [0.2, 0.25) is 0 Å². The SMILES string of the molecule is CO[Si](O)(Cc1ccccc1)c1ccccc1. The van der Waals surface area contributed by atoms with E-state index in [2.05, 4.69) is 0 Å². The number of rotatable bonds is 4. The Bertz CT molecular complexity index is 458. The van der Waals surface area contributed by atoms with E-state index in [9.17, 15) is 4.80 Å². The van der Waals surface area contributed by atoms with E-state index in [1.807, 2.05) is 60.7 Å². The molecule has 0 fully saturated rings. The lowest BCUT2D eigenvalue weighted by Crippen LogP contribution is -2.52. The second-order valence-corrected chi connectivity index (χ2v) is 6.92. The molecule has 0 saturated carbocycles. The highest BCUT2D eigenvalue weighted by Crippen LogP contribution is 2.10. The zero-order valence-electron chi connectivity index (χ0n) is 9.84. The molecule has 2 aromatic rings. The van der Waals surface area contributed by atoms with Crippen LogP contribution in [-0.4, -0.2) is 20.5 Å². The topological polar surface area (TPSA) is 29.5 Å². The molecule has 1 N–H and O–H groups in total. The summed E-state index contributed by atoms with van der Waals surface area (Å²) in [6.45, 7) is 0. The maximum atomic E-state index is 10.7. The van der Waals surface area contributed by atoms with Crippen LogP contribution in [0.1, 0.15) is 5.56 Å². The lowest BCUT2D eigenvalue weighted by Gasteiger charge is -2.23. The van der Waals surface area contributed by atoms with Crippen LogP contribution in [-0.2, 0) is 10.5 Å². The van der Waals surface area contributed by atoms with Gasteiger partial charge >= 0.3 is 8.56 Å². The van der Waals surface area contributed by atoms with Crippen LogP contribution >= 0.6 is 0 Å². The van der Waals surface area contributed by atoms with Crippen molar-refractivity contribution in [2.24, 2.45) is 0 Å². The Balaban J connectivity index is 2.27. The summed E-state index contributed by atoms with van der Waals surface area (Å²) in [6.07, 6.45) is 0. The van der Waals surface area contributed by atoms with Crippen LogP contribution in [0, 0.1) is 0 Å². The second kappa shape index (κ2) is 5.27. The predicted molar refractivity (Wildman–Crippen MR) is 71.2 cm³/mol. The largest absolute Gasteiger partial charge is 0.407 e. The minimum Gasteiger partial charge on any atom is -0.407 e. The van der Waals surface area contributed by atoms with Crippen molar-refractivity contribution < 1.29 is 9.22 Å². The maximum absolute atomic E-state index is 10.7. The number of hydrogen-bond donors (Lipinski definition) is 1. The Morgan fingerprint density at radius 3 is 2.00 bits per heavy atom. The van der Waals surface area contributed by atoms with E-state index < -0.39 is 8.56 Å². The summed E-state index contributed by atoms with van der Waals surface area (Å²) < 4.78 is 5.42. The fraction of sp³-hybridized carbons (Fsp3) is 0.143. The van der Waals surface area contributed by atoms with Crippen molar-refractivity contribution in [2.75, 3.05) is 7.11 Å². The lowest BCUT2D eigenvalue weighted by atomic mass is 10.2. The fourth-order valence-electron chi connectivity index (χ4n) is 1.86. The van der Waals surface area contributed by atoms with E-state index in [0.29, 0.717) is 6.04 Å². The van der Waals surface area contributed by atoms with Crippen LogP contribution in [0.25, 0.3) is 0 Å². The molecule has 0 amide bonds. The van der Waals surface area contributed by atoms with Gasteiger partial charge in [-0.05, 0) is 10.8 Å². The summed E-state index contributed by atoms with van der Waals surface area (Å²) in [6, 6.07) is 20.2. The predicted octanol–water partition coefficient (Wildman–Crippen LogP) is 1.76. The van der Waals surface area contributed by atoms with Crippen molar-refractivity contribution in [3.8, 4) is 0 Å². The van der Waals surface area contributed by atoms with E-state index >= 15 is 0 Å². The molecule has 3 heteroatoms. The minimum atomic E-state index is -2.84. The Labute approximate surface area is 103 Å². The van der Waals surface area contributed by atoms with Crippen molar-refractivity contribution in [2.45, 2.75) is 6.04 Å². The first-order valence-electron chi connectivity index (χ1n) is 5.61. The van der Waals surface area contributed by atoms with E-state index in [1.165, 1.54) is 0 Å². The quantitative estimate of drug-likeness (QED) is 0.830. The van der Waals surface area contributed by atoms with E-state index in [-0.39, 0.29) is 0 Å². The fourth-order valence-corrected chi connectivity index (χ4v) is 3.95. The standard InChI is InChI=1S/C14H16O2Si/c1-16-17(15,14-10-6-3-7-11-14)12-13-8-4-2-5-9-13/h2-11,15H,12H2,1H3. The van der Waals surface area contributed by atoms with Gasteiger partial charge in [0.25, 0.3) is 0 Å². The third-order valence-corrected chi connectivity index (χ3v) is 5.65. The Kier molecular flexibility index (Phi) is 3.74. The summed E-state index contributed by atoms with van der Waals surface area (Å²) in [4.78, 5) is 10.7. The van der Waals surface area contributed by atoms with E-state index in [1.54, 1.807) is 7.11 Å². The summed E-state index contributed by atoms with van der Waals surface area (Å²) in [5, 5.41) is 0.909. The molecule has 0 radical (unpaired) electrons. The third kappa shape index (κ3) is 2.82. The smallest absolute Gasteiger partial charge is 0.374 e. The van der Waals surface area contributed by atoms with Gasteiger partial charge in [-0.2, -0.15) is 0 Å². The van der Waals surface area contributed by atoms with Gasteiger partial charge in [-0.25, -0.2) is 0 Å². The van der Waals surface area contributed by atoms with Crippen LogP contribution in [0.15, 0.2) is 60.7 Å². The van der Waals surface area contributed by atoms with Crippen LogP contribution in [0.5, 0.6) is 0 Å². The van der Waals surface area contributed by atoms with Gasteiger partial charge in [0.05, 0.1) is 0 Å². The highest BCUT2D eigenvalue weighted by atomic mass is 28.4. The van der Waals surface area contributed by atoms with Crippen LogP contribution in [0.3, 0.4) is 0 Å². The van der Waals surface area contributed by atoms with Crippen LogP contribution < -0.4 is 5.19 Å². The first kappa shape index (κ1) is 12.0. The Morgan fingerprint density at radius 1 is 0.941 bits per heavy atom. The molecular formula is C14H16O2Si. The van der Waals surface area contributed by atoms with Gasteiger partial charge in [-0.15, -0.1) is 0 Å². The van der Waals surface area contributed by atoms with Crippen molar-refractivity contribution in [3.63, 3.8) is 0 Å². The summed E-state index contributed by atoms with van der Waals surface area (Å²) in [5.74, 6) is 0. The van der Waals surface area contributed by atoms with Gasteiger partial charge < -0.3 is 9.22 Å². The van der Waals surface area contributed by atoms with Crippen molar-refractivity contribution >= 4 is 13.7 Å². The normalized spacial score (nSPS) is 14.2. The molecule has 0 saturated heterocycles. The summed E-state index contributed by atoms with van der Waals surface area (Å²) in [5.41, 5.74) is 1.10. The number of benzene rings is 2.